The molecule has 0 fully saturated rings. The Balaban J connectivity index is 2.29. The number of aromatic hydroxyl groups is 1. The van der Waals surface area contributed by atoms with Crippen molar-refractivity contribution in [2.45, 2.75) is 0 Å². The molecule has 2 aromatic rings. The molecule has 0 saturated carbocycles. The summed E-state index contributed by atoms with van der Waals surface area (Å²) in [6, 6.07) is 6.88. The summed E-state index contributed by atoms with van der Waals surface area (Å²) >= 11 is 5.74. The molecule has 102 valence electrons. The molecule has 0 radical (unpaired) electrons. The number of aromatic nitrogens is 1. The Morgan fingerprint density at radius 2 is 2.00 bits per heavy atom. The van der Waals surface area contributed by atoms with Crippen LogP contribution < -0.4 is 5.32 Å². The molecule has 1 amide bonds. The molecule has 1 aromatic carbocycles. The third kappa shape index (κ3) is 2.86. The molecule has 6 nitrogen and oxygen atoms in total. The number of carboxylic acids is 1. The third-order valence-electron chi connectivity index (χ3n) is 2.47. The fraction of sp³-hybridized carbons (Fsp3) is 0. The minimum absolute atomic E-state index is 0.0170. The van der Waals surface area contributed by atoms with Gasteiger partial charge in [0.05, 0.1) is 5.69 Å². The number of hydrogen-bond acceptors (Lipinski definition) is 4. The van der Waals surface area contributed by atoms with Gasteiger partial charge in [0, 0.05) is 11.2 Å². The van der Waals surface area contributed by atoms with Gasteiger partial charge in [0.2, 0.25) is 0 Å². The Hall–Kier alpha value is -2.60. The number of anilines is 1. The second-order valence-corrected chi connectivity index (χ2v) is 4.26. The minimum atomic E-state index is -1.29. The molecule has 20 heavy (non-hydrogen) atoms. The monoisotopic (exact) mass is 292 g/mol. The van der Waals surface area contributed by atoms with Crippen molar-refractivity contribution in [1.29, 1.82) is 0 Å². The van der Waals surface area contributed by atoms with Crippen molar-refractivity contribution in [3.8, 4) is 5.75 Å². The number of benzene rings is 1. The van der Waals surface area contributed by atoms with Crippen LogP contribution in [0.25, 0.3) is 0 Å². The number of nitrogens with one attached hydrogen (secondary N) is 1. The number of carbonyl (C=O) groups excluding carboxylic acids is 1. The zero-order valence-corrected chi connectivity index (χ0v) is 10.8. The Morgan fingerprint density at radius 3 is 2.65 bits per heavy atom. The van der Waals surface area contributed by atoms with Crippen LogP contribution in [0.2, 0.25) is 5.02 Å². The first kappa shape index (κ1) is 13.8. The highest BCUT2D eigenvalue weighted by Gasteiger charge is 2.16. The van der Waals surface area contributed by atoms with E-state index in [4.69, 9.17) is 16.7 Å². The first-order chi connectivity index (χ1) is 9.49. The number of pyridine rings is 1. The van der Waals surface area contributed by atoms with E-state index in [0.717, 1.165) is 0 Å². The lowest BCUT2D eigenvalue weighted by atomic mass is 10.1. The van der Waals surface area contributed by atoms with E-state index in [1.807, 2.05) is 0 Å². The molecule has 0 aliphatic carbocycles. The first-order valence-corrected chi connectivity index (χ1v) is 5.85. The largest absolute Gasteiger partial charge is 0.505 e. The Morgan fingerprint density at radius 1 is 1.25 bits per heavy atom. The molecule has 1 heterocycles. The number of rotatable bonds is 3. The van der Waals surface area contributed by atoms with Crippen molar-refractivity contribution in [1.82, 2.24) is 4.98 Å². The fourth-order valence-electron chi connectivity index (χ4n) is 1.53. The van der Waals surface area contributed by atoms with Crippen LogP contribution >= 0.6 is 11.6 Å². The van der Waals surface area contributed by atoms with Gasteiger partial charge < -0.3 is 15.5 Å². The zero-order chi connectivity index (χ0) is 14.7. The van der Waals surface area contributed by atoms with E-state index in [0.29, 0.717) is 5.02 Å². The molecular weight excluding hydrogens is 284 g/mol. The van der Waals surface area contributed by atoms with E-state index in [1.165, 1.54) is 36.5 Å². The molecule has 0 spiro atoms. The van der Waals surface area contributed by atoms with E-state index in [1.54, 1.807) is 0 Å². The van der Waals surface area contributed by atoms with Gasteiger partial charge in [-0.1, -0.05) is 17.7 Å². The normalized spacial score (nSPS) is 10.1. The van der Waals surface area contributed by atoms with E-state index in [-0.39, 0.29) is 16.9 Å². The van der Waals surface area contributed by atoms with Gasteiger partial charge in [-0.25, -0.2) is 4.79 Å². The molecule has 0 unspecified atom stereocenters. The van der Waals surface area contributed by atoms with E-state index in [2.05, 4.69) is 10.3 Å². The van der Waals surface area contributed by atoms with Gasteiger partial charge in [0.25, 0.3) is 5.91 Å². The summed E-state index contributed by atoms with van der Waals surface area (Å²) in [5.41, 5.74) is -0.267. The fourth-order valence-corrected chi connectivity index (χ4v) is 1.69. The predicted molar refractivity (Wildman–Crippen MR) is 72.3 cm³/mol. The summed E-state index contributed by atoms with van der Waals surface area (Å²) in [5, 5.41) is 21.4. The third-order valence-corrected chi connectivity index (χ3v) is 2.70. The molecule has 3 N–H and O–H groups in total. The van der Waals surface area contributed by atoms with E-state index in [9.17, 15) is 14.7 Å². The average Bonchev–Trinajstić information content (AvgIpc) is 2.40. The van der Waals surface area contributed by atoms with Crippen LogP contribution in [0.15, 0.2) is 36.5 Å². The summed E-state index contributed by atoms with van der Waals surface area (Å²) < 4.78 is 0. The highest BCUT2D eigenvalue weighted by Crippen LogP contribution is 2.27. The molecule has 0 aliphatic rings. The quantitative estimate of drug-likeness (QED) is 0.754. The van der Waals surface area contributed by atoms with Crippen molar-refractivity contribution in [2.24, 2.45) is 0 Å². The van der Waals surface area contributed by atoms with Crippen molar-refractivity contribution >= 4 is 29.2 Å². The number of amides is 1. The first-order valence-electron chi connectivity index (χ1n) is 5.47. The maximum Gasteiger partial charge on any atom is 0.339 e. The zero-order valence-electron chi connectivity index (χ0n) is 10.0. The Labute approximate surface area is 118 Å². The SMILES string of the molecule is O=C(Nc1cccc(C(=O)O)c1O)c1cc(Cl)ccn1. The Kier molecular flexibility index (Phi) is 3.86. The van der Waals surface area contributed by atoms with Crippen molar-refractivity contribution in [3.05, 3.63) is 52.8 Å². The summed E-state index contributed by atoms with van der Waals surface area (Å²) in [7, 11) is 0. The van der Waals surface area contributed by atoms with E-state index < -0.39 is 17.6 Å². The number of carboxylic acid groups (broad SMARTS) is 1. The smallest absolute Gasteiger partial charge is 0.339 e. The topological polar surface area (TPSA) is 99.5 Å². The van der Waals surface area contributed by atoms with Gasteiger partial charge in [-0.3, -0.25) is 9.78 Å². The molecule has 2 rings (SSSR count). The minimum Gasteiger partial charge on any atom is -0.505 e. The molecule has 0 saturated heterocycles. The van der Waals surface area contributed by atoms with Gasteiger partial charge in [-0.15, -0.1) is 0 Å². The van der Waals surface area contributed by atoms with Crippen molar-refractivity contribution < 1.29 is 19.8 Å². The van der Waals surface area contributed by atoms with Crippen LogP contribution in [-0.4, -0.2) is 27.1 Å². The van der Waals surface area contributed by atoms with Crippen LogP contribution in [0.5, 0.6) is 5.75 Å². The maximum atomic E-state index is 11.9. The highest BCUT2D eigenvalue weighted by molar-refractivity contribution is 6.31. The summed E-state index contributed by atoms with van der Waals surface area (Å²) in [6.45, 7) is 0. The maximum absolute atomic E-state index is 11.9. The number of aromatic carboxylic acids is 1. The summed E-state index contributed by atoms with van der Waals surface area (Å²) in [5.74, 6) is -2.42. The standard InChI is InChI=1S/C13H9ClN2O4/c14-7-4-5-15-10(6-7)12(18)16-9-3-1-2-8(11(9)17)13(19)20/h1-6,17H,(H,16,18)(H,19,20). The predicted octanol–water partition coefficient (Wildman–Crippen LogP) is 2.39. The second kappa shape index (κ2) is 5.58. The van der Waals surface area contributed by atoms with Crippen LogP contribution in [0, 0.1) is 0 Å². The van der Waals surface area contributed by atoms with Crippen LogP contribution in [0.4, 0.5) is 5.69 Å². The van der Waals surface area contributed by atoms with Gasteiger partial charge >= 0.3 is 5.97 Å². The molecule has 0 bridgehead atoms. The number of nitrogens with zero attached hydrogens (tertiary/aromatic N) is 1. The second-order valence-electron chi connectivity index (χ2n) is 3.82. The number of phenols is 1. The number of hydrogen-bond donors (Lipinski definition) is 3. The van der Waals surface area contributed by atoms with Crippen molar-refractivity contribution in [3.63, 3.8) is 0 Å². The molecule has 7 heteroatoms. The van der Waals surface area contributed by atoms with Gasteiger partial charge in [-0.05, 0) is 24.3 Å². The highest BCUT2D eigenvalue weighted by atomic mass is 35.5. The lowest BCUT2D eigenvalue weighted by molar-refractivity contribution is 0.0693. The molecule has 1 aromatic heterocycles. The van der Waals surface area contributed by atoms with Gasteiger partial charge in [0.15, 0.2) is 5.75 Å². The molecule has 0 aliphatic heterocycles. The molecule has 0 atom stereocenters. The van der Waals surface area contributed by atoms with Crippen LogP contribution in [0.1, 0.15) is 20.8 Å². The lowest BCUT2D eigenvalue weighted by Crippen LogP contribution is -2.14. The van der Waals surface area contributed by atoms with E-state index >= 15 is 0 Å². The van der Waals surface area contributed by atoms with Crippen LogP contribution in [0.3, 0.4) is 0 Å². The average molecular weight is 293 g/mol. The van der Waals surface area contributed by atoms with Crippen LogP contribution in [-0.2, 0) is 0 Å². The summed E-state index contributed by atoms with van der Waals surface area (Å²) in [6.07, 6.45) is 1.37. The molecular formula is C13H9ClN2O4. The van der Waals surface area contributed by atoms with Crippen molar-refractivity contribution in [2.75, 3.05) is 5.32 Å². The summed E-state index contributed by atoms with van der Waals surface area (Å²) in [4.78, 5) is 26.6. The number of para-hydroxylation sites is 1. The van der Waals surface area contributed by atoms with Gasteiger partial charge in [-0.2, -0.15) is 0 Å². The number of halogens is 1. The number of carbonyl (C=O) groups is 2. The Bertz CT molecular complexity index is 688. The van der Waals surface area contributed by atoms with Gasteiger partial charge in [0.1, 0.15) is 11.3 Å². The lowest BCUT2D eigenvalue weighted by Gasteiger charge is -2.08.